The van der Waals surface area contributed by atoms with Crippen LogP contribution < -0.4 is 14.4 Å². The summed E-state index contributed by atoms with van der Waals surface area (Å²) in [7, 11) is -2.79. The Balaban J connectivity index is 1.85. The highest BCUT2D eigenvalue weighted by atomic mass is 35.5. The molecule has 0 unspecified atom stereocenters. The van der Waals surface area contributed by atoms with Gasteiger partial charge in [0.1, 0.15) is 18.3 Å². The predicted molar refractivity (Wildman–Crippen MR) is 188 cm³/mol. The topological polar surface area (TPSA) is 96.0 Å². The molecule has 1 N–H and O–H groups in total. The zero-order valence-electron chi connectivity index (χ0n) is 26.8. The third-order valence-electron chi connectivity index (χ3n) is 7.89. The molecule has 0 heterocycles. The first-order valence-corrected chi connectivity index (χ1v) is 17.4. The van der Waals surface area contributed by atoms with Gasteiger partial charge in [-0.25, -0.2) is 8.42 Å². The van der Waals surface area contributed by atoms with Gasteiger partial charge < -0.3 is 15.0 Å². The number of nitrogens with one attached hydrogen (secondary N) is 1. The van der Waals surface area contributed by atoms with Gasteiger partial charge in [0.05, 0.1) is 17.7 Å². The summed E-state index contributed by atoms with van der Waals surface area (Å²) in [5.74, 6) is -0.595. The van der Waals surface area contributed by atoms with Crippen LogP contribution in [0.15, 0.2) is 102 Å². The lowest BCUT2D eigenvalue weighted by Gasteiger charge is -2.34. The molecule has 0 spiro atoms. The molecule has 2 amide bonds. The Morgan fingerprint density at radius 1 is 0.894 bits per heavy atom. The number of hydrogen-bond acceptors (Lipinski definition) is 5. The number of aryl methyl sites for hydroxylation is 1. The molecule has 0 saturated carbocycles. The van der Waals surface area contributed by atoms with Crippen molar-refractivity contribution in [2.24, 2.45) is 0 Å². The van der Waals surface area contributed by atoms with Crippen molar-refractivity contribution in [2.75, 3.05) is 18.0 Å². The van der Waals surface area contributed by atoms with Crippen LogP contribution >= 0.6 is 23.2 Å². The molecule has 4 rings (SSSR count). The number of methoxy groups -OCH3 is 1. The second-order valence-corrected chi connectivity index (χ2v) is 13.9. The van der Waals surface area contributed by atoms with Crippen LogP contribution in [0, 0.1) is 6.92 Å². The highest BCUT2D eigenvalue weighted by molar-refractivity contribution is 7.92. The summed E-state index contributed by atoms with van der Waals surface area (Å²) in [4.78, 5) is 30.0. The van der Waals surface area contributed by atoms with Crippen LogP contribution in [0.5, 0.6) is 5.75 Å². The van der Waals surface area contributed by atoms with Gasteiger partial charge in [-0.05, 0) is 62.2 Å². The van der Waals surface area contributed by atoms with E-state index in [-0.39, 0.29) is 35.5 Å². The second kappa shape index (κ2) is 16.2. The molecule has 0 saturated heterocycles. The average molecular weight is 697 g/mol. The number of carbonyl (C=O) groups is 2. The van der Waals surface area contributed by atoms with Crippen molar-refractivity contribution in [2.45, 2.75) is 57.1 Å². The van der Waals surface area contributed by atoms with Gasteiger partial charge in [-0.15, -0.1) is 0 Å². The minimum Gasteiger partial charge on any atom is -0.497 e. The molecule has 8 nitrogen and oxygen atoms in total. The Bertz CT molecular complexity index is 1770. The van der Waals surface area contributed by atoms with E-state index < -0.39 is 28.5 Å². The molecule has 0 bridgehead atoms. The number of sulfonamides is 1. The lowest BCUT2D eigenvalue weighted by atomic mass is 10.0. The first-order valence-electron chi connectivity index (χ1n) is 15.2. The molecule has 4 aromatic carbocycles. The van der Waals surface area contributed by atoms with Crippen LogP contribution in [-0.4, -0.2) is 50.9 Å². The van der Waals surface area contributed by atoms with Crippen molar-refractivity contribution in [1.82, 2.24) is 10.2 Å². The van der Waals surface area contributed by atoms with E-state index in [1.54, 1.807) is 54.6 Å². The zero-order valence-corrected chi connectivity index (χ0v) is 29.1. The lowest BCUT2D eigenvalue weighted by molar-refractivity contribution is -0.140. The number of halogens is 2. The molecule has 0 aliphatic rings. The first kappa shape index (κ1) is 35.8. The SMILES string of the molecule is CC[C@@H](C)NC(=O)[C@H](Cc1ccccc1)N(Cc1c(Cl)cccc1Cl)C(=O)CN(c1cccc(OC)c1)S(=O)(=O)c1ccc(C)cc1. The minimum absolute atomic E-state index is 0.00904. The zero-order chi connectivity index (χ0) is 34.1. The van der Waals surface area contributed by atoms with E-state index >= 15 is 0 Å². The van der Waals surface area contributed by atoms with Gasteiger partial charge in [0, 0.05) is 40.7 Å². The quantitative estimate of drug-likeness (QED) is 0.152. The van der Waals surface area contributed by atoms with Gasteiger partial charge in [-0.3, -0.25) is 13.9 Å². The van der Waals surface area contributed by atoms with Crippen LogP contribution in [-0.2, 0) is 32.6 Å². The highest BCUT2D eigenvalue weighted by Gasteiger charge is 2.35. The number of carbonyl (C=O) groups excluding carboxylic acids is 2. The van der Waals surface area contributed by atoms with Crippen LogP contribution in [0.1, 0.15) is 37.0 Å². The maximum Gasteiger partial charge on any atom is 0.264 e. The maximum atomic E-state index is 14.7. The first-order chi connectivity index (χ1) is 22.4. The van der Waals surface area contributed by atoms with Gasteiger partial charge in [-0.1, -0.05) is 90.3 Å². The number of ether oxygens (including phenoxy) is 1. The van der Waals surface area contributed by atoms with E-state index in [0.29, 0.717) is 27.8 Å². The molecular formula is C36H39Cl2N3O5S. The third kappa shape index (κ3) is 9.06. The average Bonchev–Trinajstić information content (AvgIpc) is 3.06. The fourth-order valence-electron chi connectivity index (χ4n) is 4.98. The van der Waals surface area contributed by atoms with E-state index in [2.05, 4.69) is 5.32 Å². The maximum absolute atomic E-state index is 14.7. The summed E-state index contributed by atoms with van der Waals surface area (Å²) in [6.45, 7) is 4.93. The summed E-state index contributed by atoms with van der Waals surface area (Å²) in [6.07, 6.45) is 0.841. The van der Waals surface area contributed by atoms with Crippen molar-refractivity contribution >= 4 is 50.7 Å². The van der Waals surface area contributed by atoms with Gasteiger partial charge in [0.2, 0.25) is 11.8 Å². The monoisotopic (exact) mass is 695 g/mol. The lowest BCUT2D eigenvalue weighted by Crippen LogP contribution is -2.54. The van der Waals surface area contributed by atoms with Crippen LogP contribution in [0.25, 0.3) is 0 Å². The molecule has 0 aliphatic carbocycles. The van der Waals surface area contributed by atoms with Crippen molar-refractivity contribution in [3.63, 3.8) is 0 Å². The highest BCUT2D eigenvalue weighted by Crippen LogP contribution is 2.30. The Labute approximate surface area is 287 Å². The summed E-state index contributed by atoms with van der Waals surface area (Å²) in [5, 5.41) is 3.64. The Kier molecular flexibility index (Phi) is 12.3. The summed E-state index contributed by atoms with van der Waals surface area (Å²) in [5.41, 5.74) is 2.36. The molecule has 11 heteroatoms. The number of hydrogen-bond donors (Lipinski definition) is 1. The number of anilines is 1. The molecule has 47 heavy (non-hydrogen) atoms. The van der Waals surface area contributed by atoms with Crippen LogP contribution in [0.4, 0.5) is 5.69 Å². The molecule has 2 atom stereocenters. The molecule has 0 radical (unpaired) electrons. The van der Waals surface area contributed by atoms with E-state index in [0.717, 1.165) is 15.4 Å². The smallest absolute Gasteiger partial charge is 0.264 e. The Morgan fingerprint density at radius 3 is 2.15 bits per heavy atom. The standard InChI is InChI=1S/C36H39Cl2N3O5S/c1-5-26(3)39-36(43)34(21-27-11-7-6-8-12-27)40(23-31-32(37)15-10-16-33(31)38)35(42)24-41(28-13-9-14-29(22-28)46-4)47(44,45)30-19-17-25(2)18-20-30/h6-20,22,26,34H,5,21,23-24H2,1-4H3,(H,39,43)/t26-,34+/m1/s1. The normalized spacial score (nSPS) is 12.6. The van der Waals surface area contributed by atoms with Gasteiger partial charge in [0.15, 0.2) is 0 Å². The third-order valence-corrected chi connectivity index (χ3v) is 10.4. The molecular weight excluding hydrogens is 657 g/mol. The van der Waals surface area contributed by atoms with E-state index in [1.165, 1.54) is 24.1 Å². The number of rotatable bonds is 14. The molecule has 0 aromatic heterocycles. The molecule has 4 aromatic rings. The van der Waals surface area contributed by atoms with Crippen molar-refractivity contribution in [3.8, 4) is 5.75 Å². The fraction of sp³-hybridized carbons (Fsp3) is 0.278. The van der Waals surface area contributed by atoms with Gasteiger partial charge in [0.25, 0.3) is 10.0 Å². The fourth-order valence-corrected chi connectivity index (χ4v) is 6.90. The summed E-state index contributed by atoms with van der Waals surface area (Å²) >= 11 is 13.2. The summed E-state index contributed by atoms with van der Waals surface area (Å²) in [6, 6.07) is 26.0. The van der Waals surface area contributed by atoms with Crippen LogP contribution in [0.3, 0.4) is 0 Å². The van der Waals surface area contributed by atoms with E-state index in [1.807, 2.05) is 51.1 Å². The summed E-state index contributed by atoms with van der Waals surface area (Å²) < 4.78 is 34.9. The number of amides is 2. The Hall–Kier alpha value is -4.05. The predicted octanol–water partition coefficient (Wildman–Crippen LogP) is 7.06. The Morgan fingerprint density at radius 2 is 1.53 bits per heavy atom. The second-order valence-electron chi connectivity index (χ2n) is 11.3. The van der Waals surface area contributed by atoms with Crippen molar-refractivity contribution < 1.29 is 22.7 Å². The van der Waals surface area contributed by atoms with Gasteiger partial charge >= 0.3 is 0 Å². The van der Waals surface area contributed by atoms with E-state index in [4.69, 9.17) is 27.9 Å². The minimum atomic E-state index is -4.26. The molecule has 0 aliphatic heterocycles. The number of nitrogens with zero attached hydrogens (tertiary/aromatic N) is 2. The van der Waals surface area contributed by atoms with Gasteiger partial charge in [-0.2, -0.15) is 0 Å². The van der Waals surface area contributed by atoms with E-state index in [9.17, 15) is 18.0 Å². The molecule has 248 valence electrons. The van der Waals surface area contributed by atoms with Crippen molar-refractivity contribution in [3.05, 3.63) is 124 Å². The number of benzene rings is 4. The largest absolute Gasteiger partial charge is 0.497 e. The molecule has 0 fully saturated rings. The van der Waals surface area contributed by atoms with Crippen LogP contribution in [0.2, 0.25) is 10.0 Å². The van der Waals surface area contributed by atoms with Crippen molar-refractivity contribution in [1.29, 1.82) is 0 Å².